The summed E-state index contributed by atoms with van der Waals surface area (Å²) < 4.78 is 5.64. The van der Waals surface area contributed by atoms with Gasteiger partial charge in [0.15, 0.2) is 0 Å². The average Bonchev–Trinajstić information content (AvgIpc) is 2.71. The van der Waals surface area contributed by atoms with Gasteiger partial charge in [-0.1, -0.05) is 12.1 Å². The van der Waals surface area contributed by atoms with Gasteiger partial charge >= 0.3 is 0 Å². The van der Waals surface area contributed by atoms with Crippen molar-refractivity contribution < 1.29 is 4.74 Å². The molecule has 1 aromatic carbocycles. The van der Waals surface area contributed by atoms with Crippen LogP contribution in [0, 0.1) is 0 Å². The van der Waals surface area contributed by atoms with E-state index in [1.165, 1.54) is 12.8 Å². The van der Waals surface area contributed by atoms with Crippen LogP contribution in [0.1, 0.15) is 18.4 Å². The number of rotatable bonds is 4. The van der Waals surface area contributed by atoms with Crippen LogP contribution >= 0.6 is 0 Å². The molecule has 0 amide bonds. The van der Waals surface area contributed by atoms with E-state index >= 15 is 0 Å². The van der Waals surface area contributed by atoms with Crippen molar-refractivity contribution in [2.24, 2.45) is 0 Å². The van der Waals surface area contributed by atoms with Gasteiger partial charge in [0.1, 0.15) is 0 Å². The van der Waals surface area contributed by atoms with E-state index in [0.29, 0.717) is 12.6 Å². The van der Waals surface area contributed by atoms with E-state index in [-0.39, 0.29) is 0 Å². The van der Waals surface area contributed by atoms with E-state index in [1.54, 1.807) is 0 Å². The average molecular weight is 206 g/mol. The molecule has 0 aromatic heterocycles. The van der Waals surface area contributed by atoms with Gasteiger partial charge in [0.25, 0.3) is 0 Å². The van der Waals surface area contributed by atoms with Gasteiger partial charge in [-0.3, -0.25) is 0 Å². The Morgan fingerprint density at radius 2 is 2.40 bits per heavy atom. The Kier molecular flexibility index (Phi) is 3.59. The quantitative estimate of drug-likeness (QED) is 0.735. The van der Waals surface area contributed by atoms with Crippen molar-refractivity contribution in [2.75, 3.05) is 18.9 Å². The van der Waals surface area contributed by atoms with Gasteiger partial charge in [-0.15, -0.1) is 0 Å². The molecule has 0 unspecified atom stereocenters. The van der Waals surface area contributed by atoms with E-state index in [9.17, 15) is 0 Å². The number of anilines is 1. The van der Waals surface area contributed by atoms with Crippen LogP contribution in [0.15, 0.2) is 24.3 Å². The Bertz CT molecular complexity index is 308. The zero-order chi connectivity index (χ0) is 10.5. The molecule has 0 bridgehead atoms. The van der Waals surface area contributed by atoms with Crippen molar-refractivity contribution >= 4 is 5.69 Å². The minimum absolute atomic E-state index is 0.547. The molecular formula is C12H18N2O. The second kappa shape index (κ2) is 5.14. The second-order valence-electron chi connectivity index (χ2n) is 4.05. The fourth-order valence-electron chi connectivity index (χ4n) is 1.90. The Morgan fingerprint density at radius 3 is 3.13 bits per heavy atom. The summed E-state index contributed by atoms with van der Waals surface area (Å²) in [6, 6.07) is 8.40. The number of hydrogen-bond donors (Lipinski definition) is 2. The molecule has 82 valence electrons. The lowest BCUT2D eigenvalue weighted by molar-refractivity contribution is 0.103. The molecule has 0 radical (unpaired) electrons. The predicted molar refractivity (Wildman–Crippen MR) is 61.5 cm³/mol. The molecule has 0 aliphatic carbocycles. The summed E-state index contributed by atoms with van der Waals surface area (Å²) in [5, 5.41) is 3.40. The van der Waals surface area contributed by atoms with Crippen LogP contribution in [0.5, 0.6) is 0 Å². The molecule has 3 N–H and O–H groups in total. The summed E-state index contributed by atoms with van der Waals surface area (Å²) in [5.74, 6) is 0. The third-order valence-electron chi connectivity index (χ3n) is 2.70. The fraction of sp³-hybridized carbons (Fsp3) is 0.500. The van der Waals surface area contributed by atoms with Gasteiger partial charge in [0.2, 0.25) is 0 Å². The monoisotopic (exact) mass is 206 g/mol. The number of nitrogens with one attached hydrogen (secondary N) is 1. The van der Waals surface area contributed by atoms with E-state index < -0.39 is 0 Å². The Hall–Kier alpha value is -1.06. The topological polar surface area (TPSA) is 47.3 Å². The normalized spacial score (nSPS) is 20.7. The maximum absolute atomic E-state index is 5.68. The Balaban J connectivity index is 1.73. The highest BCUT2D eigenvalue weighted by molar-refractivity contribution is 5.40. The molecule has 1 saturated heterocycles. The lowest BCUT2D eigenvalue weighted by atomic mass is 10.2. The molecule has 0 saturated carbocycles. The highest BCUT2D eigenvalue weighted by atomic mass is 16.5. The number of ether oxygens (including phenoxy) is 1. The SMILES string of the molecule is Nc1cccc(COC[C@@H]2CCCN2)c1. The van der Waals surface area contributed by atoms with Crippen molar-refractivity contribution in [1.82, 2.24) is 5.32 Å². The summed E-state index contributed by atoms with van der Waals surface area (Å²) in [4.78, 5) is 0. The summed E-state index contributed by atoms with van der Waals surface area (Å²) in [6.45, 7) is 2.59. The summed E-state index contributed by atoms with van der Waals surface area (Å²) >= 11 is 0. The first kappa shape index (κ1) is 10.5. The van der Waals surface area contributed by atoms with Gasteiger partial charge in [-0.05, 0) is 37.1 Å². The molecule has 1 aromatic rings. The first-order valence-electron chi connectivity index (χ1n) is 5.50. The minimum Gasteiger partial charge on any atom is -0.399 e. The second-order valence-corrected chi connectivity index (χ2v) is 4.05. The molecule has 1 aliphatic rings. The molecule has 0 spiro atoms. The van der Waals surface area contributed by atoms with E-state index in [4.69, 9.17) is 10.5 Å². The first-order chi connectivity index (χ1) is 7.34. The van der Waals surface area contributed by atoms with Crippen molar-refractivity contribution in [3.05, 3.63) is 29.8 Å². The van der Waals surface area contributed by atoms with Crippen molar-refractivity contribution in [1.29, 1.82) is 0 Å². The van der Waals surface area contributed by atoms with Crippen LogP contribution in [0.2, 0.25) is 0 Å². The van der Waals surface area contributed by atoms with Gasteiger partial charge < -0.3 is 15.8 Å². The summed E-state index contributed by atoms with van der Waals surface area (Å²) in [6.07, 6.45) is 2.50. The van der Waals surface area contributed by atoms with Gasteiger partial charge in [0, 0.05) is 11.7 Å². The number of nitrogen functional groups attached to an aromatic ring is 1. The van der Waals surface area contributed by atoms with Crippen LogP contribution in [-0.2, 0) is 11.3 Å². The minimum atomic E-state index is 0.547. The van der Waals surface area contributed by atoms with E-state index in [1.807, 2.05) is 24.3 Å². The third kappa shape index (κ3) is 3.22. The highest BCUT2D eigenvalue weighted by Crippen LogP contribution is 2.09. The summed E-state index contributed by atoms with van der Waals surface area (Å²) in [5.41, 5.74) is 7.63. The highest BCUT2D eigenvalue weighted by Gasteiger charge is 2.13. The molecule has 2 rings (SSSR count). The predicted octanol–water partition coefficient (Wildman–Crippen LogP) is 1.54. The zero-order valence-electron chi connectivity index (χ0n) is 8.91. The lowest BCUT2D eigenvalue weighted by Crippen LogP contribution is -2.26. The van der Waals surface area contributed by atoms with Crippen LogP contribution in [0.4, 0.5) is 5.69 Å². The molecule has 1 atom stereocenters. The van der Waals surface area contributed by atoms with E-state index in [2.05, 4.69) is 5.32 Å². The molecule has 1 fully saturated rings. The third-order valence-corrected chi connectivity index (χ3v) is 2.70. The fourth-order valence-corrected chi connectivity index (χ4v) is 1.90. The standard InChI is InChI=1S/C12H18N2O/c13-11-4-1-3-10(7-11)8-15-9-12-5-2-6-14-12/h1,3-4,7,12,14H,2,5-6,8-9,13H2/t12-/m0/s1. The molecule has 3 heteroatoms. The van der Waals surface area contributed by atoms with Crippen molar-refractivity contribution in [2.45, 2.75) is 25.5 Å². The number of benzene rings is 1. The zero-order valence-corrected chi connectivity index (χ0v) is 8.91. The lowest BCUT2D eigenvalue weighted by Gasteiger charge is -2.10. The van der Waals surface area contributed by atoms with Crippen LogP contribution in [0.25, 0.3) is 0 Å². The van der Waals surface area contributed by atoms with Gasteiger partial charge in [-0.25, -0.2) is 0 Å². The van der Waals surface area contributed by atoms with Crippen molar-refractivity contribution in [3.63, 3.8) is 0 Å². The molecule has 1 aliphatic heterocycles. The maximum Gasteiger partial charge on any atom is 0.0718 e. The molecule has 15 heavy (non-hydrogen) atoms. The Labute approximate surface area is 90.6 Å². The van der Waals surface area contributed by atoms with E-state index in [0.717, 1.165) is 24.4 Å². The van der Waals surface area contributed by atoms with Gasteiger partial charge in [0.05, 0.1) is 13.2 Å². The molecule has 1 heterocycles. The van der Waals surface area contributed by atoms with Crippen molar-refractivity contribution in [3.8, 4) is 0 Å². The Morgan fingerprint density at radius 1 is 1.47 bits per heavy atom. The van der Waals surface area contributed by atoms with Gasteiger partial charge in [-0.2, -0.15) is 0 Å². The van der Waals surface area contributed by atoms with Crippen LogP contribution < -0.4 is 11.1 Å². The first-order valence-corrected chi connectivity index (χ1v) is 5.50. The maximum atomic E-state index is 5.68. The number of hydrogen-bond acceptors (Lipinski definition) is 3. The number of nitrogens with two attached hydrogens (primary N) is 1. The molecule has 3 nitrogen and oxygen atoms in total. The molecular weight excluding hydrogens is 188 g/mol. The smallest absolute Gasteiger partial charge is 0.0718 e. The summed E-state index contributed by atoms with van der Waals surface area (Å²) in [7, 11) is 0. The van der Waals surface area contributed by atoms with Crippen LogP contribution in [-0.4, -0.2) is 19.2 Å². The van der Waals surface area contributed by atoms with Crippen LogP contribution in [0.3, 0.4) is 0 Å². The largest absolute Gasteiger partial charge is 0.399 e.